The van der Waals surface area contributed by atoms with E-state index in [1.807, 2.05) is 19.1 Å². The van der Waals surface area contributed by atoms with Gasteiger partial charge in [0.1, 0.15) is 5.76 Å². The molecule has 166 valence electrons. The summed E-state index contributed by atoms with van der Waals surface area (Å²) in [6, 6.07) is 13.0. The van der Waals surface area contributed by atoms with Crippen molar-refractivity contribution in [2.75, 3.05) is 19.0 Å². The van der Waals surface area contributed by atoms with E-state index in [1.165, 1.54) is 54.6 Å². The van der Waals surface area contributed by atoms with Crippen LogP contribution in [0.1, 0.15) is 21.7 Å². The molecule has 0 saturated heterocycles. The van der Waals surface area contributed by atoms with Gasteiger partial charge in [0.15, 0.2) is 5.13 Å². The highest BCUT2D eigenvalue weighted by Crippen LogP contribution is 2.34. The number of carbonyl (C=O) groups is 1. The minimum absolute atomic E-state index is 0.113. The number of sulfonamides is 1. The van der Waals surface area contributed by atoms with Gasteiger partial charge in [-0.15, -0.1) is 0 Å². The molecule has 0 fully saturated rings. The molecule has 0 bridgehead atoms. The van der Waals surface area contributed by atoms with Gasteiger partial charge in [-0.1, -0.05) is 22.9 Å². The maximum Gasteiger partial charge on any atom is 0.260 e. The normalized spacial score (nSPS) is 11.9. The van der Waals surface area contributed by atoms with E-state index < -0.39 is 10.0 Å². The molecule has 2 heterocycles. The lowest BCUT2D eigenvalue weighted by Crippen LogP contribution is -2.30. The molecule has 0 aliphatic carbocycles. The molecular weight excluding hydrogens is 470 g/mol. The fourth-order valence-electron chi connectivity index (χ4n) is 3.18. The number of nitrogens with zero attached hydrogens (tertiary/aromatic N) is 3. The minimum Gasteiger partial charge on any atom is -0.467 e. The first-order valence-corrected chi connectivity index (χ1v) is 12.2. The second kappa shape index (κ2) is 8.67. The maximum absolute atomic E-state index is 13.5. The predicted octanol–water partition coefficient (Wildman–Crippen LogP) is 4.95. The number of anilines is 1. The largest absolute Gasteiger partial charge is 0.467 e. The summed E-state index contributed by atoms with van der Waals surface area (Å²) in [5.74, 6) is 0.275. The number of halogens is 1. The van der Waals surface area contributed by atoms with Crippen molar-refractivity contribution < 1.29 is 17.6 Å². The van der Waals surface area contributed by atoms with Gasteiger partial charge < -0.3 is 4.42 Å². The van der Waals surface area contributed by atoms with Crippen LogP contribution < -0.4 is 4.90 Å². The molecule has 2 aromatic carbocycles. The first kappa shape index (κ1) is 22.5. The Bertz CT molecular complexity index is 1380. The number of carbonyl (C=O) groups excluding carboxylic acids is 1. The van der Waals surface area contributed by atoms with Crippen molar-refractivity contribution in [1.82, 2.24) is 9.29 Å². The summed E-state index contributed by atoms with van der Waals surface area (Å²) in [6.07, 6.45) is 1.54. The van der Waals surface area contributed by atoms with Crippen molar-refractivity contribution in [3.8, 4) is 0 Å². The van der Waals surface area contributed by atoms with E-state index in [0.29, 0.717) is 21.5 Å². The lowest BCUT2D eigenvalue weighted by atomic mass is 10.2. The monoisotopic (exact) mass is 489 g/mol. The first-order chi connectivity index (χ1) is 15.2. The van der Waals surface area contributed by atoms with E-state index in [2.05, 4.69) is 4.98 Å². The van der Waals surface area contributed by atoms with Gasteiger partial charge in [-0.05, 0) is 61.0 Å². The van der Waals surface area contributed by atoms with E-state index in [4.69, 9.17) is 16.0 Å². The molecule has 0 radical (unpaired) electrons. The number of aromatic nitrogens is 1. The fourth-order valence-corrected chi connectivity index (χ4v) is 5.50. The standard InChI is InChI=1S/C22H20ClN3O4S2/c1-14-11-16(23)12-19-20(14)24-22(31-19)26(13-17-5-4-10-30-17)21(27)15-6-8-18(9-7-15)32(28,29)25(2)3/h4-12H,13H2,1-3H3. The SMILES string of the molecule is Cc1cc(Cl)cc2sc(N(Cc3ccco3)C(=O)c3ccc(S(=O)(=O)N(C)C)cc3)nc12. The number of thiazole rings is 1. The number of hydrogen-bond donors (Lipinski definition) is 0. The van der Waals surface area contributed by atoms with Crippen LogP contribution in [0, 0.1) is 6.92 Å². The van der Waals surface area contributed by atoms with Crippen molar-refractivity contribution in [2.24, 2.45) is 0 Å². The zero-order valence-corrected chi connectivity index (χ0v) is 20.0. The number of furan rings is 1. The van der Waals surface area contributed by atoms with Gasteiger partial charge in [0, 0.05) is 24.7 Å². The molecule has 0 saturated carbocycles. The highest BCUT2D eigenvalue weighted by atomic mass is 35.5. The van der Waals surface area contributed by atoms with Crippen molar-refractivity contribution in [1.29, 1.82) is 0 Å². The van der Waals surface area contributed by atoms with Crippen molar-refractivity contribution in [3.63, 3.8) is 0 Å². The van der Waals surface area contributed by atoms with E-state index in [-0.39, 0.29) is 17.3 Å². The minimum atomic E-state index is -3.59. The highest BCUT2D eigenvalue weighted by Gasteiger charge is 2.24. The smallest absolute Gasteiger partial charge is 0.260 e. The third kappa shape index (κ3) is 4.29. The van der Waals surface area contributed by atoms with Gasteiger partial charge >= 0.3 is 0 Å². The number of hydrogen-bond acceptors (Lipinski definition) is 6. The Hall–Kier alpha value is -2.72. The molecule has 0 spiro atoms. The number of benzene rings is 2. The van der Waals surface area contributed by atoms with E-state index in [1.54, 1.807) is 18.4 Å². The van der Waals surface area contributed by atoms with Gasteiger partial charge in [0.05, 0.1) is 27.9 Å². The summed E-state index contributed by atoms with van der Waals surface area (Å²) < 4.78 is 32.1. The molecule has 0 aliphatic rings. The third-order valence-corrected chi connectivity index (χ3v) is 7.96. The zero-order chi connectivity index (χ0) is 23.0. The molecule has 0 atom stereocenters. The van der Waals surface area contributed by atoms with Gasteiger partial charge in [0.25, 0.3) is 5.91 Å². The Balaban J connectivity index is 1.74. The summed E-state index contributed by atoms with van der Waals surface area (Å²) in [7, 11) is -0.670. The van der Waals surface area contributed by atoms with Crippen LogP contribution in [-0.4, -0.2) is 37.7 Å². The van der Waals surface area contributed by atoms with Crippen LogP contribution in [0.25, 0.3) is 10.2 Å². The summed E-state index contributed by atoms with van der Waals surface area (Å²) in [5, 5.41) is 1.10. The van der Waals surface area contributed by atoms with E-state index in [9.17, 15) is 13.2 Å². The number of rotatable bonds is 6. The predicted molar refractivity (Wildman–Crippen MR) is 126 cm³/mol. The van der Waals surface area contributed by atoms with Crippen LogP contribution in [-0.2, 0) is 16.6 Å². The van der Waals surface area contributed by atoms with Gasteiger partial charge in [-0.2, -0.15) is 0 Å². The second-order valence-electron chi connectivity index (χ2n) is 7.35. The highest BCUT2D eigenvalue weighted by molar-refractivity contribution is 7.89. The molecule has 4 rings (SSSR count). The first-order valence-electron chi connectivity index (χ1n) is 9.60. The Morgan fingerprint density at radius 2 is 1.88 bits per heavy atom. The van der Waals surface area contributed by atoms with Crippen molar-refractivity contribution in [3.05, 3.63) is 76.7 Å². The summed E-state index contributed by atoms with van der Waals surface area (Å²) >= 11 is 7.55. The average molecular weight is 490 g/mol. The van der Waals surface area contributed by atoms with Crippen LogP contribution in [0.15, 0.2) is 64.1 Å². The molecule has 2 aromatic heterocycles. The van der Waals surface area contributed by atoms with E-state index in [0.717, 1.165) is 20.1 Å². The summed E-state index contributed by atoms with van der Waals surface area (Å²) in [4.78, 5) is 19.8. The maximum atomic E-state index is 13.5. The van der Waals surface area contributed by atoms with E-state index >= 15 is 0 Å². The molecule has 0 N–H and O–H groups in total. The van der Waals surface area contributed by atoms with Crippen molar-refractivity contribution in [2.45, 2.75) is 18.4 Å². The number of aryl methyl sites for hydroxylation is 1. The third-order valence-electron chi connectivity index (χ3n) is 4.89. The van der Waals surface area contributed by atoms with Crippen LogP contribution in [0.2, 0.25) is 5.02 Å². The summed E-state index contributed by atoms with van der Waals surface area (Å²) in [6.45, 7) is 2.09. The number of amides is 1. The Morgan fingerprint density at radius 1 is 1.16 bits per heavy atom. The molecular formula is C22H20ClN3O4S2. The Kier molecular flexibility index (Phi) is 6.09. The molecule has 4 aromatic rings. The topological polar surface area (TPSA) is 83.7 Å². The summed E-state index contributed by atoms with van der Waals surface area (Å²) in [5.41, 5.74) is 2.03. The average Bonchev–Trinajstić information content (AvgIpc) is 3.41. The van der Waals surface area contributed by atoms with Gasteiger partial charge in [0.2, 0.25) is 10.0 Å². The quantitative estimate of drug-likeness (QED) is 0.382. The van der Waals surface area contributed by atoms with Gasteiger partial charge in [-0.25, -0.2) is 17.7 Å². The van der Waals surface area contributed by atoms with Gasteiger partial charge in [-0.3, -0.25) is 9.69 Å². The molecule has 1 amide bonds. The molecule has 32 heavy (non-hydrogen) atoms. The van der Waals surface area contributed by atoms with Crippen LogP contribution in [0.3, 0.4) is 0 Å². The Morgan fingerprint density at radius 3 is 2.50 bits per heavy atom. The van der Waals surface area contributed by atoms with Crippen LogP contribution in [0.4, 0.5) is 5.13 Å². The number of fused-ring (bicyclic) bond motifs is 1. The van der Waals surface area contributed by atoms with Crippen LogP contribution >= 0.6 is 22.9 Å². The lowest BCUT2D eigenvalue weighted by Gasteiger charge is -2.19. The molecule has 0 aliphatic heterocycles. The fraction of sp³-hybridized carbons (Fsp3) is 0.182. The lowest BCUT2D eigenvalue weighted by molar-refractivity contribution is 0.0983. The molecule has 10 heteroatoms. The zero-order valence-electron chi connectivity index (χ0n) is 17.6. The molecule has 0 unspecified atom stereocenters. The molecule has 7 nitrogen and oxygen atoms in total. The van der Waals surface area contributed by atoms with Crippen molar-refractivity contribution >= 4 is 54.2 Å². The Labute approximate surface area is 194 Å². The van der Waals surface area contributed by atoms with Crippen LogP contribution in [0.5, 0.6) is 0 Å². The second-order valence-corrected chi connectivity index (χ2v) is 10.9.